The van der Waals surface area contributed by atoms with Gasteiger partial charge in [-0.1, -0.05) is 25.7 Å². The summed E-state index contributed by atoms with van der Waals surface area (Å²) < 4.78 is 5.84. The van der Waals surface area contributed by atoms with Crippen LogP contribution in [-0.4, -0.2) is 55.1 Å². The molecule has 6 heteroatoms. The molecule has 1 atom stereocenters. The summed E-state index contributed by atoms with van der Waals surface area (Å²) >= 11 is 0. The van der Waals surface area contributed by atoms with Crippen LogP contribution in [0, 0.1) is 0 Å². The number of carbonyl (C=O) groups excluding carboxylic acids is 2. The number of carbonyl (C=O) groups is 2. The first-order valence-corrected chi connectivity index (χ1v) is 9.08. The molecule has 132 valence electrons. The van der Waals surface area contributed by atoms with Gasteiger partial charge in [-0.15, -0.1) is 0 Å². The lowest BCUT2D eigenvalue weighted by atomic mass is 9.98. The third kappa shape index (κ3) is 6.47. The molecule has 0 radical (unpaired) electrons. The Balaban J connectivity index is 1.56. The Morgan fingerprint density at radius 3 is 2.57 bits per heavy atom. The Labute approximate surface area is 139 Å². The molecule has 3 N–H and O–H groups in total. The van der Waals surface area contributed by atoms with Crippen molar-refractivity contribution < 1.29 is 14.3 Å². The summed E-state index contributed by atoms with van der Waals surface area (Å²) in [6.45, 7) is 2.36. The van der Waals surface area contributed by atoms with Gasteiger partial charge in [0.2, 0.25) is 11.8 Å². The molecule has 23 heavy (non-hydrogen) atoms. The summed E-state index contributed by atoms with van der Waals surface area (Å²) in [6.07, 6.45) is 10.3. The molecule has 2 fully saturated rings. The fraction of sp³-hybridized carbons (Fsp3) is 0.882. The van der Waals surface area contributed by atoms with E-state index in [9.17, 15) is 9.59 Å². The van der Waals surface area contributed by atoms with E-state index < -0.39 is 0 Å². The second-order valence-electron chi connectivity index (χ2n) is 6.72. The van der Waals surface area contributed by atoms with Crippen molar-refractivity contribution in [1.29, 1.82) is 0 Å². The lowest BCUT2D eigenvalue weighted by Gasteiger charge is -2.32. The van der Waals surface area contributed by atoms with Crippen LogP contribution in [0.4, 0.5) is 0 Å². The molecule has 2 rings (SSSR count). The molecule has 1 unspecified atom stereocenters. The van der Waals surface area contributed by atoms with E-state index in [0.29, 0.717) is 19.3 Å². The first kappa shape index (κ1) is 18.2. The van der Waals surface area contributed by atoms with Crippen LogP contribution in [-0.2, 0) is 14.3 Å². The summed E-state index contributed by atoms with van der Waals surface area (Å²) in [6, 6.07) is -0.288. The van der Waals surface area contributed by atoms with Crippen molar-refractivity contribution in [2.45, 2.75) is 69.9 Å². The zero-order chi connectivity index (χ0) is 16.5. The molecule has 1 aliphatic heterocycles. The van der Waals surface area contributed by atoms with Crippen molar-refractivity contribution in [2.24, 2.45) is 5.73 Å². The summed E-state index contributed by atoms with van der Waals surface area (Å²) in [5.74, 6) is -0.353. The second-order valence-corrected chi connectivity index (χ2v) is 6.72. The van der Waals surface area contributed by atoms with Gasteiger partial charge in [0.05, 0.1) is 18.7 Å². The van der Waals surface area contributed by atoms with Gasteiger partial charge >= 0.3 is 0 Å². The fourth-order valence-electron chi connectivity index (χ4n) is 3.52. The van der Waals surface area contributed by atoms with Crippen molar-refractivity contribution in [3.63, 3.8) is 0 Å². The normalized spacial score (nSPS) is 23.6. The summed E-state index contributed by atoms with van der Waals surface area (Å²) in [5.41, 5.74) is 5.41. The minimum Gasteiger partial charge on any atom is -0.378 e. The third-order valence-corrected chi connectivity index (χ3v) is 4.84. The van der Waals surface area contributed by atoms with E-state index in [2.05, 4.69) is 5.32 Å². The van der Waals surface area contributed by atoms with Crippen LogP contribution in [0.3, 0.4) is 0 Å². The highest BCUT2D eigenvalue weighted by atomic mass is 16.5. The number of amides is 2. The topological polar surface area (TPSA) is 84.7 Å². The van der Waals surface area contributed by atoms with E-state index in [4.69, 9.17) is 10.5 Å². The molecule has 1 heterocycles. The molecule has 1 saturated carbocycles. The van der Waals surface area contributed by atoms with E-state index in [0.717, 1.165) is 32.2 Å². The Kier molecular flexibility index (Phi) is 7.82. The van der Waals surface area contributed by atoms with E-state index in [-0.39, 0.29) is 24.4 Å². The molecule has 0 spiro atoms. The maximum absolute atomic E-state index is 12.0. The maximum atomic E-state index is 12.0. The van der Waals surface area contributed by atoms with Crippen molar-refractivity contribution in [2.75, 3.05) is 26.2 Å². The van der Waals surface area contributed by atoms with Gasteiger partial charge in [-0.3, -0.25) is 14.5 Å². The van der Waals surface area contributed by atoms with Crippen LogP contribution in [0.5, 0.6) is 0 Å². The molecule has 0 aromatic carbocycles. The van der Waals surface area contributed by atoms with Crippen molar-refractivity contribution in [3.8, 4) is 0 Å². The number of hydrogen-bond donors (Lipinski definition) is 2. The number of piperidine rings is 1. The van der Waals surface area contributed by atoms with Gasteiger partial charge in [0.15, 0.2) is 0 Å². The van der Waals surface area contributed by atoms with Gasteiger partial charge in [-0.05, 0) is 38.6 Å². The Bertz CT molecular complexity index is 383. The number of nitrogens with two attached hydrogens (primary N) is 1. The molecule has 1 saturated heterocycles. The van der Waals surface area contributed by atoms with Crippen LogP contribution in [0.25, 0.3) is 0 Å². The van der Waals surface area contributed by atoms with Gasteiger partial charge in [-0.2, -0.15) is 0 Å². The number of hydrogen-bond acceptors (Lipinski definition) is 4. The Morgan fingerprint density at radius 1 is 1.09 bits per heavy atom. The van der Waals surface area contributed by atoms with Gasteiger partial charge < -0.3 is 15.8 Å². The number of ether oxygens (including phenoxy) is 1. The summed E-state index contributed by atoms with van der Waals surface area (Å²) in [7, 11) is 0. The first-order chi connectivity index (χ1) is 11.2. The first-order valence-electron chi connectivity index (χ1n) is 9.08. The van der Waals surface area contributed by atoms with Crippen LogP contribution < -0.4 is 11.1 Å². The van der Waals surface area contributed by atoms with Crippen molar-refractivity contribution >= 4 is 11.8 Å². The average Bonchev–Trinajstić information content (AvgIpc) is 2.56. The van der Waals surface area contributed by atoms with Gasteiger partial charge in [0.25, 0.3) is 0 Å². The molecule has 0 bridgehead atoms. The number of nitrogens with zero attached hydrogens (tertiary/aromatic N) is 1. The van der Waals surface area contributed by atoms with Crippen molar-refractivity contribution in [3.05, 3.63) is 0 Å². The SMILES string of the molecule is NC(=O)C1CCCCN1CC(=O)NCCCOC1CCCCC1. The highest BCUT2D eigenvalue weighted by molar-refractivity contribution is 5.82. The largest absolute Gasteiger partial charge is 0.378 e. The van der Waals surface area contributed by atoms with E-state index in [1.165, 1.54) is 32.1 Å². The predicted octanol–water partition coefficient (Wildman–Crippen LogP) is 1.18. The standard InChI is InChI=1S/C17H31N3O3/c18-17(22)15-9-4-5-11-20(15)13-16(21)19-10-6-12-23-14-7-2-1-3-8-14/h14-15H,1-13H2,(H2,18,22)(H,19,21). The molecule has 1 aliphatic carbocycles. The molecular formula is C17H31N3O3. The zero-order valence-corrected chi connectivity index (χ0v) is 14.1. The third-order valence-electron chi connectivity index (χ3n) is 4.84. The number of rotatable bonds is 8. The molecule has 6 nitrogen and oxygen atoms in total. The van der Waals surface area contributed by atoms with Gasteiger partial charge in [0, 0.05) is 13.2 Å². The monoisotopic (exact) mass is 325 g/mol. The molecule has 0 aromatic rings. The summed E-state index contributed by atoms with van der Waals surface area (Å²) in [4.78, 5) is 25.3. The Morgan fingerprint density at radius 2 is 1.83 bits per heavy atom. The smallest absolute Gasteiger partial charge is 0.234 e. The van der Waals surface area contributed by atoms with E-state index in [1.807, 2.05) is 4.90 Å². The minimum atomic E-state index is -0.321. The van der Waals surface area contributed by atoms with Gasteiger partial charge in [-0.25, -0.2) is 0 Å². The van der Waals surface area contributed by atoms with Crippen LogP contribution in [0.1, 0.15) is 57.8 Å². The second kappa shape index (κ2) is 9.88. The number of nitrogens with one attached hydrogen (secondary N) is 1. The van der Waals surface area contributed by atoms with Crippen LogP contribution in [0.2, 0.25) is 0 Å². The molecule has 0 aromatic heterocycles. The molecule has 2 amide bonds. The van der Waals surface area contributed by atoms with Crippen molar-refractivity contribution in [1.82, 2.24) is 10.2 Å². The average molecular weight is 325 g/mol. The van der Waals surface area contributed by atoms with Gasteiger partial charge in [0.1, 0.15) is 0 Å². The zero-order valence-electron chi connectivity index (χ0n) is 14.1. The van der Waals surface area contributed by atoms with E-state index >= 15 is 0 Å². The minimum absolute atomic E-state index is 0.0317. The lowest BCUT2D eigenvalue weighted by molar-refractivity contribution is -0.128. The fourth-order valence-corrected chi connectivity index (χ4v) is 3.52. The van der Waals surface area contributed by atoms with Crippen LogP contribution in [0.15, 0.2) is 0 Å². The highest BCUT2D eigenvalue weighted by Crippen LogP contribution is 2.20. The maximum Gasteiger partial charge on any atom is 0.234 e. The number of primary amides is 1. The number of likely N-dealkylation sites (tertiary alicyclic amines) is 1. The summed E-state index contributed by atoms with van der Waals surface area (Å²) in [5, 5.41) is 2.91. The molecular weight excluding hydrogens is 294 g/mol. The van der Waals surface area contributed by atoms with E-state index in [1.54, 1.807) is 0 Å². The molecule has 2 aliphatic rings. The lowest BCUT2D eigenvalue weighted by Crippen LogP contribution is -2.51. The van der Waals surface area contributed by atoms with Crippen LogP contribution >= 0.6 is 0 Å². The highest BCUT2D eigenvalue weighted by Gasteiger charge is 2.28. The quantitative estimate of drug-likeness (QED) is 0.656. The predicted molar refractivity (Wildman–Crippen MR) is 88.9 cm³/mol. The Hall–Kier alpha value is -1.14.